The van der Waals surface area contributed by atoms with Gasteiger partial charge in [-0.1, -0.05) is 69.2 Å². The zero-order valence-corrected chi connectivity index (χ0v) is 51.5. The van der Waals surface area contributed by atoms with Crippen molar-refractivity contribution in [1.82, 2.24) is 0 Å². The fourth-order valence-electron chi connectivity index (χ4n) is 9.47. The van der Waals surface area contributed by atoms with Gasteiger partial charge in [0, 0.05) is 25.7 Å². The van der Waals surface area contributed by atoms with Gasteiger partial charge < -0.3 is 123 Å². The Morgan fingerprint density at radius 2 is 0.920 bits per heavy atom. The van der Waals surface area contributed by atoms with Crippen LogP contribution in [-0.4, -0.2) is 142 Å². The minimum absolute atomic E-state index is 0. The Morgan fingerprint density at radius 3 is 1.39 bits per heavy atom. The van der Waals surface area contributed by atoms with Crippen molar-refractivity contribution in [2.45, 2.75) is 251 Å². The molecule has 0 aromatic carbocycles. The first kappa shape index (κ1) is 80.4. The smallest absolute Gasteiger partial charge is 1.00 e. The van der Waals surface area contributed by atoms with Crippen LogP contribution in [0.4, 0.5) is 0 Å². The van der Waals surface area contributed by atoms with Gasteiger partial charge in [0.1, 0.15) is 32.2 Å². The summed E-state index contributed by atoms with van der Waals surface area (Å²) in [7, 11) is 0. The molecule has 0 aliphatic carbocycles. The SMILES string of the molecule is CC(=O)OC1[C@H](O)OC(C)[C@H](C)[C@@H]1C.CC(=O)O[C@H]1OC(C)[C@H](C)[C@H](C)C1O.CC1=[O+][C@H]2OC(C)[C@H](C)[C@H](C)C2O1.CC1O[C@@H]2OC(C)(C)OC2[C@@H](C)[C@H]1C.C[C+](C)O[C@H]1OC(C)[C@H](C)[C@H](C)C1O.O.O.[Cl-].[Cl-].[Cl-].[Cl-].[H+].[H+]. The third-order valence-corrected chi connectivity index (χ3v) is 15.9. The number of esters is 3. The zero-order valence-electron chi connectivity index (χ0n) is 50.5. The highest BCUT2D eigenvalue weighted by Crippen LogP contribution is 2.41. The van der Waals surface area contributed by atoms with Crippen LogP contribution in [0.5, 0.6) is 0 Å². The summed E-state index contributed by atoms with van der Waals surface area (Å²) in [6.07, 6.45) is -2.83. The average Bonchev–Trinajstić information content (AvgIpc) is 3.79. The summed E-state index contributed by atoms with van der Waals surface area (Å²) in [4.78, 5) is 21.5. The number of halogens is 4. The molecule has 0 bridgehead atoms. The highest BCUT2D eigenvalue weighted by molar-refractivity contribution is 5.68. The molecule has 6 fully saturated rings. The van der Waals surface area contributed by atoms with E-state index < -0.39 is 48.9 Å². The van der Waals surface area contributed by atoms with Gasteiger partial charge in [-0.3, -0.25) is 14.0 Å². The molecule has 7 aliphatic rings. The van der Waals surface area contributed by atoms with Gasteiger partial charge in [0.2, 0.25) is 18.7 Å². The lowest BCUT2D eigenvalue weighted by Gasteiger charge is -2.40. The summed E-state index contributed by atoms with van der Waals surface area (Å²) in [5, 5.41) is 29.3. The molecule has 0 spiro atoms. The Bertz CT molecular complexity index is 1650. The molecule has 19 nitrogen and oxygen atoms in total. The number of carbonyl (C=O) groups excluding carboxylic acids is 3. The summed E-state index contributed by atoms with van der Waals surface area (Å²) in [6.45, 7) is 43.0. The molecule has 0 amide bonds. The second-order valence-corrected chi connectivity index (χ2v) is 21.6. The lowest BCUT2D eigenvalue weighted by atomic mass is 9.84. The van der Waals surface area contributed by atoms with E-state index in [2.05, 4.69) is 48.5 Å². The van der Waals surface area contributed by atoms with Crippen molar-refractivity contribution >= 4 is 17.9 Å². The monoisotopic (exact) mass is 1170 g/mol. The van der Waals surface area contributed by atoms with Crippen molar-refractivity contribution in [1.29, 1.82) is 0 Å². The number of rotatable bonds is 4. The lowest BCUT2D eigenvalue weighted by Crippen LogP contribution is -3.00. The zero-order chi connectivity index (χ0) is 52.7. The van der Waals surface area contributed by atoms with Crippen LogP contribution in [0.3, 0.4) is 0 Å². The topological polar surface area (TPSA) is 271 Å². The van der Waals surface area contributed by atoms with Gasteiger partial charge in [0.25, 0.3) is 6.10 Å². The molecular formula is C52H100Cl4O19. The number of ether oxygens (including phenoxy) is 11. The second-order valence-electron chi connectivity index (χ2n) is 21.6. The summed E-state index contributed by atoms with van der Waals surface area (Å²) >= 11 is 0. The fourth-order valence-corrected chi connectivity index (χ4v) is 9.47. The van der Waals surface area contributed by atoms with Crippen molar-refractivity contribution in [3.8, 4) is 0 Å². The molecule has 0 aromatic rings. The molecule has 10 unspecified atom stereocenters. The maximum absolute atomic E-state index is 10.8. The molecule has 7 N–H and O–H groups in total. The quantitative estimate of drug-likeness (QED) is 0.102. The van der Waals surface area contributed by atoms with Crippen molar-refractivity contribution in [3.05, 3.63) is 6.10 Å². The molecule has 450 valence electrons. The Balaban J connectivity index is -0.000000199. The van der Waals surface area contributed by atoms with Crippen LogP contribution in [0.1, 0.15) is 155 Å². The van der Waals surface area contributed by atoms with Crippen LogP contribution in [0.15, 0.2) is 0 Å². The van der Waals surface area contributed by atoms with Crippen molar-refractivity contribution < 1.29 is 145 Å². The Labute approximate surface area is 476 Å². The Morgan fingerprint density at radius 1 is 0.533 bits per heavy atom. The van der Waals surface area contributed by atoms with E-state index in [1.807, 2.05) is 90.0 Å². The molecule has 0 radical (unpaired) electrons. The second kappa shape index (κ2) is 34.9. The van der Waals surface area contributed by atoms with E-state index in [9.17, 15) is 24.9 Å². The minimum Gasteiger partial charge on any atom is -1.00 e. The molecule has 75 heavy (non-hydrogen) atoms. The van der Waals surface area contributed by atoms with Crippen LogP contribution in [0.25, 0.3) is 0 Å². The Hall–Kier alpha value is -1.08. The number of aliphatic hydroxyl groups excluding tert-OH is 3. The molecule has 6 saturated heterocycles. The fraction of sp³-hybridized carbons (Fsp3) is 0.923. The van der Waals surface area contributed by atoms with E-state index >= 15 is 0 Å². The van der Waals surface area contributed by atoms with Crippen LogP contribution in [0, 0.1) is 65.3 Å². The van der Waals surface area contributed by atoms with E-state index in [1.54, 1.807) is 0 Å². The number of carbonyl (C=O) groups is 2. The Kier molecular flexibility index (Phi) is 37.4. The van der Waals surface area contributed by atoms with Crippen LogP contribution >= 0.6 is 0 Å². The van der Waals surface area contributed by atoms with Gasteiger partial charge in [0.05, 0.1) is 37.4 Å². The summed E-state index contributed by atoms with van der Waals surface area (Å²) in [5.41, 5.74) is 0. The van der Waals surface area contributed by atoms with Crippen molar-refractivity contribution in [3.63, 3.8) is 0 Å². The lowest BCUT2D eigenvalue weighted by molar-refractivity contribution is -0.568. The first-order valence-corrected chi connectivity index (χ1v) is 25.4. The largest absolute Gasteiger partial charge is 1.00 e. The third-order valence-electron chi connectivity index (χ3n) is 15.9. The predicted molar refractivity (Wildman–Crippen MR) is 266 cm³/mol. The molecule has 7 aliphatic heterocycles. The minimum atomic E-state index is -1.000. The van der Waals surface area contributed by atoms with Crippen LogP contribution in [0.2, 0.25) is 0 Å². The van der Waals surface area contributed by atoms with Crippen LogP contribution < -0.4 is 49.6 Å². The standard InChI is InChI=1S/C11H20O3.C11H21O3.2C10H18O4.C10H17O3.4ClH.2H2O/c1-6-7(2)9-10(12-8(6)3)14-11(4,5)13-9;1-6(2)13-11-10(12)8(4)7(3)9(5)14-11;1-5-6(2)9(14-8(4)11)10(12)13-7(5)3;1-5-6(2)9(12)10(13-7(5)3)14-8(4)11;1-5-6(2)9-10(11-7(5)3)13-8(4)12-9;;;;;;/h6-10H,1-5H3;7-12H,1-5H3;2*5-7,9-10,12H,1-4H3;5-7,9-10H,1-4H3;4*1H;2*1H2/q;+1;;;+1;;;;;;/p-2/t6-,7+,8?,9?,10-;7-,8+,9?,10?,11+;3*5-,6+,7?,9?,10-;;;;;;/m11111....../s1. The molecule has 23 heteroatoms. The van der Waals surface area contributed by atoms with E-state index in [0.717, 1.165) is 6.10 Å². The number of fused-ring (bicyclic) bond motifs is 2. The van der Waals surface area contributed by atoms with Gasteiger partial charge in [-0.15, -0.1) is 0 Å². The van der Waals surface area contributed by atoms with E-state index in [0.29, 0.717) is 35.6 Å². The summed E-state index contributed by atoms with van der Waals surface area (Å²) in [5.74, 6) is 2.65. The van der Waals surface area contributed by atoms with E-state index in [4.69, 9.17) is 56.5 Å². The number of hydrogen-bond acceptors (Lipinski definition) is 16. The average molecular weight is 1170 g/mol. The molecule has 25 atom stereocenters. The summed E-state index contributed by atoms with van der Waals surface area (Å²) in [6, 6.07) is 0. The third kappa shape index (κ3) is 22.1. The molecule has 7 rings (SSSR count). The van der Waals surface area contributed by atoms with Crippen LogP contribution in [-0.2, 0) is 66.1 Å². The van der Waals surface area contributed by atoms with Gasteiger partial charge in [0.15, 0.2) is 24.5 Å². The van der Waals surface area contributed by atoms with Crippen molar-refractivity contribution in [2.75, 3.05) is 0 Å². The molecule has 7 heterocycles. The molecule has 0 aromatic heterocycles. The van der Waals surface area contributed by atoms with Gasteiger partial charge >= 0.3 is 27.1 Å². The number of hydrogen-bond donors (Lipinski definition) is 3. The van der Waals surface area contributed by atoms with E-state index in [1.165, 1.54) is 13.8 Å². The number of aliphatic hydroxyl groups is 3. The van der Waals surface area contributed by atoms with Gasteiger partial charge in [-0.05, 0) is 95.8 Å². The predicted octanol–water partition coefficient (Wildman–Crippen LogP) is -5.96. The first-order valence-electron chi connectivity index (χ1n) is 25.4. The molecule has 0 saturated carbocycles. The van der Waals surface area contributed by atoms with E-state index in [-0.39, 0.29) is 154 Å². The first-order chi connectivity index (χ1) is 31.8. The van der Waals surface area contributed by atoms with Gasteiger partial charge in [-0.2, -0.15) is 4.74 Å². The van der Waals surface area contributed by atoms with Gasteiger partial charge in [-0.25, -0.2) is 0 Å². The highest BCUT2D eigenvalue weighted by atomic mass is 35.5. The normalized spacial score (nSPS) is 42.6. The highest BCUT2D eigenvalue weighted by Gasteiger charge is 2.54. The summed E-state index contributed by atoms with van der Waals surface area (Å²) < 4.78 is 65.6. The molecular weight excluding hydrogens is 1070 g/mol. The van der Waals surface area contributed by atoms with Crippen molar-refractivity contribution in [2.24, 2.45) is 59.2 Å². The maximum atomic E-state index is 10.8. The maximum Gasteiger partial charge on any atom is 1.00 e.